The van der Waals surface area contributed by atoms with Crippen LogP contribution in [0, 0.1) is 0 Å². The lowest BCUT2D eigenvalue weighted by atomic mass is 10.1. The Morgan fingerprint density at radius 2 is 1.94 bits per heavy atom. The smallest absolute Gasteiger partial charge is 0.303 e. The summed E-state index contributed by atoms with van der Waals surface area (Å²) in [5, 5.41) is 10.6. The van der Waals surface area contributed by atoms with Crippen LogP contribution in [0.5, 0.6) is 0 Å². The molecule has 0 bridgehead atoms. The van der Waals surface area contributed by atoms with Crippen LogP contribution in [-0.2, 0) is 19.7 Å². The molecule has 0 radical (unpaired) electrons. The van der Waals surface area contributed by atoms with Gasteiger partial charge in [0.15, 0.2) is 0 Å². The number of amides is 1. The van der Waals surface area contributed by atoms with E-state index in [4.69, 9.17) is 15.4 Å². The first-order valence-electron chi connectivity index (χ1n) is 4.84. The van der Waals surface area contributed by atoms with Crippen LogP contribution in [0.15, 0.2) is 0 Å². The summed E-state index contributed by atoms with van der Waals surface area (Å²) in [6.07, 6.45) is -0.291. The molecule has 0 heterocycles. The molecular weight excluding hydrogens is 252 g/mol. The van der Waals surface area contributed by atoms with E-state index in [1.807, 2.05) is 0 Å². The number of aliphatic carboxylic acids is 1. The molecule has 0 saturated heterocycles. The standard InChI is InChI=1S/C8H16N2O6S/c1-5(4-17(14,15)16)10-8(13)6(9)2-3-7(11)12/h5-6H,2-4,9H2,1H3,(H,10,13)(H,11,12)(H,14,15,16)/t5?,6-/m0/s1. The van der Waals surface area contributed by atoms with Crippen molar-refractivity contribution in [3.05, 3.63) is 0 Å². The number of hydrogen-bond acceptors (Lipinski definition) is 5. The summed E-state index contributed by atoms with van der Waals surface area (Å²) in [6.45, 7) is 1.38. The van der Waals surface area contributed by atoms with Crippen LogP contribution >= 0.6 is 0 Å². The van der Waals surface area contributed by atoms with Crippen LogP contribution in [0.4, 0.5) is 0 Å². The first-order valence-corrected chi connectivity index (χ1v) is 6.45. The molecule has 0 aliphatic heterocycles. The van der Waals surface area contributed by atoms with E-state index in [9.17, 15) is 18.0 Å². The van der Waals surface area contributed by atoms with Crippen molar-refractivity contribution in [3.8, 4) is 0 Å². The van der Waals surface area contributed by atoms with Gasteiger partial charge in [0, 0.05) is 12.5 Å². The predicted octanol–water partition coefficient (Wildman–Crippen LogP) is -1.43. The fourth-order valence-electron chi connectivity index (χ4n) is 1.12. The third-order valence-corrected chi connectivity index (χ3v) is 2.78. The van der Waals surface area contributed by atoms with Crippen LogP contribution in [0.2, 0.25) is 0 Å². The molecule has 100 valence electrons. The van der Waals surface area contributed by atoms with E-state index in [0.29, 0.717) is 0 Å². The van der Waals surface area contributed by atoms with Crippen molar-refractivity contribution < 1.29 is 27.7 Å². The Balaban J connectivity index is 4.11. The molecule has 0 aromatic carbocycles. The second-order valence-electron chi connectivity index (χ2n) is 3.70. The Bertz CT molecular complexity index is 379. The molecule has 0 saturated carbocycles. The maximum atomic E-state index is 11.3. The summed E-state index contributed by atoms with van der Waals surface area (Å²) in [7, 11) is -4.17. The minimum absolute atomic E-state index is 0.0419. The minimum atomic E-state index is -4.17. The van der Waals surface area contributed by atoms with Gasteiger partial charge in [0.2, 0.25) is 5.91 Å². The van der Waals surface area contributed by atoms with Gasteiger partial charge in [-0.3, -0.25) is 14.1 Å². The molecule has 0 aromatic rings. The Hall–Kier alpha value is -1.19. The summed E-state index contributed by atoms with van der Waals surface area (Å²) in [4.78, 5) is 21.6. The number of nitrogens with one attached hydrogen (secondary N) is 1. The number of nitrogens with two attached hydrogens (primary N) is 1. The number of carbonyl (C=O) groups is 2. The van der Waals surface area contributed by atoms with Gasteiger partial charge in [0.25, 0.3) is 10.1 Å². The summed E-state index contributed by atoms with van der Waals surface area (Å²) in [6, 6.07) is -1.82. The number of carboxylic acids is 1. The third kappa shape index (κ3) is 8.60. The number of carbonyl (C=O) groups excluding carboxylic acids is 1. The first-order chi connectivity index (χ1) is 7.61. The van der Waals surface area contributed by atoms with Crippen molar-refractivity contribution in [1.29, 1.82) is 0 Å². The SMILES string of the molecule is CC(CS(=O)(=O)O)NC(=O)[C@@H](N)CCC(=O)O. The summed E-state index contributed by atoms with van der Waals surface area (Å²) < 4.78 is 29.5. The number of rotatable bonds is 7. The van der Waals surface area contributed by atoms with Crippen LogP contribution in [0.3, 0.4) is 0 Å². The lowest BCUT2D eigenvalue weighted by Gasteiger charge is -2.15. The van der Waals surface area contributed by atoms with E-state index < -0.39 is 39.8 Å². The van der Waals surface area contributed by atoms with Crippen molar-refractivity contribution in [2.45, 2.75) is 31.8 Å². The normalized spacial score (nSPS) is 15.0. The Morgan fingerprint density at radius 1 is 1.41 bits per heavy atom. The van der Waals surface area contributed by atoms with E-state index in [1.165, 1.54) is 6.92 Å². The van der Waals surface area contributed by atoms with Crippen LogP contribution in [0.1, 0.15) is 19.8 Å². The molecular formula is C8H16N2O6S. The molecule has 2 atom stereocenters. The molecule has 8 nitrogen and oxygen atoms in total. The average molecular weight is 268 g/mol. The molecule has 9 heteroatoms. The summed E-state index contributed by atoms with van der Waals surface area (Å²) in [5.74, 6) is -2.34. The monoisotopic (exact) mass is 268 g/mol. The van der Waals surface area contributed by atoms with Crippen molar-refractivity contribution >= 4 is 22.0 Å². The van der Waals surface area contributed by atoms with Gasteiger partial charge < -0.3 is 16.2 Å². The molecule has 0 aliphatic rings. The van der Waals surface area contributed by atoms with E-state index in [2.05, 4.69) is 5.32 Å². The van der Waals surface area contributed by atoms with Crippen molar-refractivity contribution in [2.24, 2.45) is 5.73 Å². The van der Waals surface area contributed by atoms with Gasteiger partial charge in [-0.05, 0) is 13.3 Å². The van der Waals surface area contributed by atoms with E-state index in [-0.39, 0.29) is 12.8 Å². The quantitative estimate of drug-likeness (QED) is 0.414. The average Bonchev–Trinajstić information content (AvgIpc) is 2.10. The number of carboxylic acid groups (broad SMARTS) is 1. The van der Waals surface area contributed by atoms with E-state index in [0.717, 1.165) is 0 Å². The van der Waals surface area contributed by atoms with Gasteiger partial charge in [-0.2, -0.15) is 8.42 Å². The maximum absolute atomic E-state index is 11.3. The predicted molar refractivity (Wildman–Crippen MR) is 58.9 cm³/mol. The highest BCUT2D eigenvalue weighted by atomic mass is 32.2. The first kappa shape index (κ1) is 15.8. The lowest BCUT2D eigenvalue weighted by Crippen LogP contribution is -2.46. The molecule has 17 heavy (non-hydrogen) atoms. The second-order valence-corrected chi connectivity index (χ2v) is 5.19. The summed E-state index contributed by atoms with van der Waals surface area (Å²) in [5.41, 5.74) is 5.39. The molecule has 0 fully saturated rings. The van der Waals surface area contributed by atoms with Crippen LogP contribution in [-0.4, -0.2) is 47.8 Å². The van der Waals surface area contributed by atoms with Crippen molar-refractivity contribution in [2.75, 3.05) is 5.75 Å². The molecule has 0 aliphatic carbocycles. The molecule has 0 spiro atoms. The molecule has 0 rings (SSSR count). The lowest BCUT2D eigenvalue weighted by molar-refractivity contribution is -0.137. The zero-order valence-corrected chi connectivity index (χ0v) is 10.1. The van der Waals surface area contributed by atoms with Crippen molar-refractivity contribution in [3.63, 3.8) is 0 Å². The van der Waals surface area contributed by atoms with Gasteiger partial charge >= 0.3 is 5.97 Å². The highest BCUT2D eigenvalue weighted by molar-refractivity contribution is 7.85. The maximum Gasteiger partial charge on any atom is 0.303 e. The van der Waals surface area contributed by atoms with Crippen molar-refractivity contribution in [1.82, 2.24) is 5.32 Å². The zero-order chi connectivity index (χ0) is 13.6. The van der Waals surface area contributed by atoms with Gasteiger partial charge in [-0.25, -0.2) is 0 Å². The van der Waals surface area contributed by atoms with E-state index >= 15 is 0 Å². The largest absolute Gasteiger partial charge is 0.481 e. The molecule has 1 unspecified atom stereocenters. The van der Waals surface area contributed by atoms with Gasteiger partial charge in [-0.1, -0.05) is 0 Å². The Morgan fingerprint density at radius 3 is 2.35 bits per heavy atom. The van der Waals surface area contributed by atoms with E-state index in [1.54, 1.807) is 0 Å². The Labute approximate surface area is 98.9 Å². The minimum Gasteiger partial charge on any atom is -0.481 e. The highest BCUT2D eigenvalue weighted by Crippen LogP contribution is 1.97. The fourth-order valence-corrected chi connectivity index (χ4v) is 1.83. The topological polar surface area (TPSA) is 147 Å². The van der Waals surface area contributed by atoms with Gasteiger partial charge in [0.05, 0.1) is 11.8 Å². The molecule has 1 amide bonds. The van der Waals surface area contributed by atoms with Crippen LogP contribution in [0.25, 0.3) is 0 Å². The number of hydrogen-bond donors (Lipinski definition) is 4. The molecule has 0 aromatic heterocycles. The molecule has 5 N–H and O–H groups in total. The van der Waals surface area contributed by atoms with Gasteiger partial charge in [-0.15, -0.1) is 0 Å². The fraction of sp³-hybridized carbons (Fsp3) is 0.750. The zero-order valence-electron chi connectivity index (χ0n) is 9.29. The summed E-state index contributed by atoms with van der Waals surface area (Å²) >= 11 is 0. The van der Waals surface area contributed by atoms with Crippen LogP contribution < -0.4 is 11.1 Å². The highest BCUT2D eigenvalue weighted by Gasteiger charge is 2.19. The Kier molecular flexibility index (Phi) is 6.07. The third-order valence-electron chi connectivity index (χ3n) is 1.86. The van der Waals surface area contributed by atoms with Gasteiger partial charge in [0.1, 0.15) is 0 Å². The second kappa shape index (κ2) is 6.52.